The number of aliphatic hydroxyl groups excluding tert-OH is 1. The van der Waals surface area contributed by atoms with Crippen LogP contribution in [0.4, 0.5) is 0 Å². The number of benzene rings is 2. The number of carbonyl (C=O) groups is 1. The zero-order valence-electron chi connectivity index (χ0n) is 17.1. The van der Waals surface area contributed by atoms with E-state index in [1.807, 2.05) is 0 Å². The van der Waals surface area contributed by atoms with E-state index in [9.17, 15) is 9.90 Å². The van der Waals surface area contributed by atoms with Crippen LogP contribution in [0.15, 0.2) is 42.5 Å². The van der Waals surface area contributed by atoms with Crippen molar-refractivity contribution in [3.8, 4) is 11.1 Å². The van der Waals surface area contributed by atoms with Gasteiger partial charge < -0.3 is 15.2 Å². The number of nitrogens with one attached hydrogen (secondary N) is 1. The molecular weight excluding hydrogens is 350 g/mol. The summed E-state index contributed by atoms with van der Waals surface area (Å²) in [4.78, 5) is 12.9. The molecule has 2 aromatic carbocycles. The van der Waals surface area contributed by atoms with Gasteiger partial charge in [0.05, 0.1) is 11.5 Å². The van der Waals surface area contributed by atoms with Gasteiger partial charge in [0.25, 0.3) is 0 Å². The fourth-order valence-corrected chi connectivity index (χ4v) is 4.02. The first-order valence-corrected chi connectivity index (χ1v) is 10.1. The number of ether oxygens (including phenoxy) is 1. The first-order valence-electron chi connectivity index (χ1n) is 10.1. The average molecular weight is 382 g/mol. The summed E-state index contributed by atoms with van der Waals surface area (Å²) in [6.45, 7) is 7.40. The first kappa shape index (κ1) is 20.6. The molecule has 1 atom stereocenters. The molecule has 0 radical (unpaired) electrons. The van der Waals surface area contributed by atoms with Crippen LogP contribution in [-0.4, -0.2) is 36.9 Å². The van der Waals surface area contributed by atoms with Crippen molar-refractivity contribution in [1.29, 1.82) is 0 Å². The van der Waals surface area contributed by atoms with E-state index >= 15 is 0 Å². The second-order valence-electron chi connectivity index (χ2n) is 8.20. The highest BCUT2D eigenvalue weighted by molar-refractivity contribution is 5.83. The third-order valence-electron chi connectivity index (χ3n) is 5.54. The van der Waals surface area contributed by atoms with Gasteiger partial charge in [-0.15, -0.1) is 0 Å². The zero-order chi connectivity index (χ0) is 20.1. The number of hydrogen-bond donors (Lipinski definition) is 2. The molecule has 4 nitrogen and oxygen atoms in total. The van der Waals surface area contributed by atoms with Gasteiger partial charge in [0.15, 0.2) is 0 Å². The number of aliphatic hydroxyl groups is 1. The standard InChI is InChI=1S/C24H31NO3/c1-17-12-18(2)14-22(13-17)21-6-4-20(5-7-21)15-24(8-10-28-11-9-24)23(27)25-16-19(3)26/h4-7,12-14,19,26H,8-11,15-16H2,1-3H3,(H,25,27)/t19-/m1/s1. The fraction of sp³-hybridized carbons (Fsp3) is 0.458. The molecule has 2 aromatic rings. The molecule has 0 aromatic heterocycles. The van der Waals surface area contributed by atoms with E-state index in [0.717, 1.165) is 5.56 Å². The molecule has 1 fully saturated rings. The van der Waals surface area contributed by atoms with Gasteiger partial charge >= 0.3 is 0 Å². The van der Waals surface area contributed by atoms with Crippen LogP contribution in [0.25, 0.3) is 11.1 Å². The highest BCUT2D eigenvalue weighted by atomic mass is 16.5. The third-order valence-corrected chi connectivity index (χ3v) is 5.54. The molecule has 0 saturated carbocycles. The maximum Gasteiger partial charge on any atom is 0.226 e. The van der Waals surface area contributed by atoms with E-state index in [4.69, 9.17) is 4.74 Å². The average Bonchev–Trinajstić information content (AvgIpc) is 2.66. The molecule has 1 heterocycles. The molecule has 0 aliphatic carbocycles. The lowest BCUT2D eigenvalue weighted by Crippen LogP contribution is -2.47. The Morgan fingerprint density at radius 1 is 1.07 bits per heavy atom. The SMILES string of the molecule is Cc1cc(C)cc(-c2ccc(CC3(C(=O)NC[C@@H](C)O)CCOCC3)cc2)c1. The first-order chi connectivity index (χ1) is 13.4. The van der Waals surface area contributed by atoms with E-state index in [1.54, 1.807) is 6.92 Å². The minimum Gasteiger partial charge on any atom is -0.392 e. The second-order valence-corrected chi connectivity index (χ2v) is 8.20. The molecule has 0 spiro atoms. The van der Waals surface area contributed by atoms with Gasteiger partial charge in [-0.3, -0.25) is 4.79 Å². The second kappa shape index (κ2) is 8.89. The van der Waals surface area contributed by atoms with Crippen LogP contribution in [0.2, 0.25) is 0 Å². The molecular formula is C24H31NO3. The topological polar surface area (TPSA) is 58.6 Å². The predicted octanol–water partition coefficient (Wildman–Crippen LogP) is 3.81. The van der Waals surface area contributed by atoms with Gasteiger partial charge in [-0.25, -0.2) is 0 Å². The van der Waals surface area contributed by atoms with Crippen molar-refractivity contribution < 1.29 is 14.6 Å². The summed E-state index contributed by atoms with van der Waals surface area (Å²) < 4.78 is 5.51. The maximum absolute atomic E-state index is 12.9. The van der Waals surface area contributed by atoms with Crippen LogP contribution in [0, 0.1) is 19.3 Å². The maximum atomic E-state index is 12.9. The lowest BCUT2D eigenvalue weighted by Gasteiger charge is -2.36. The molecule has 28 heavy (non-hydrogen) atoms. The van der Waals surface area contributed by atoms with Crippen molar-refractivity contribution in [3.05, 3.63) is 59.2 Å². The Kier molecular flexibility index (Phi) is 6.53. The molecule has 1 amide bonds. The van der Waals surface area contributed by atoms with Crippen molar-refractivity contribution >= 4 is 5.91 Å². The van der Waals surface area contributed by atoms with Crippen molar-refractivity contribution in [2.24, 2.45) is 5.41 Å². The van der Waals surface area contributed by atoms with Crippen LogP contribution < -0.4 is 5.32 Å². The lowest BCUT2D eigenvalue weighted by atomic mass is 9.74. The number of rotatable bonds is 6. The molecule has 150 valence electrons. The van der Waals surface area contributed by atoms with Crippen LogP contribution >= 0.6 is 0 Å². The monoisotopic (exact) mass is 381 g/mol. The summed E-state index contributed by atoms with van der Waals surface area (Å²) in [7, 11) is 0. The van der Waals surface area contributed by atoms with Crippen molar-refractivity contribution in [2.75, 3.05) is 19.8 Å². The molecule has 1 aliphatic heterocycles. The Morgan fingerprint density at radius 3 is 2.25 bits per heavy atom. The van der Waals surface area contributed by atoms with Crippen molar-refractivity contribution in [3.63, 3.8) is 0 Å². The summed E-state index contributed by atoms with van der Waals surface area (Å²) in [5.74, 6) is 0.0232. The normalized spacial score (nSPS) is 17.1. The summed E-state index contributed by atoms with van der Waals surface area (Å²) in [6.07, 6.45) is 1.56. The van der Waals surface area contributed by atoms with Crippen LogP contribution in [0.3, 0.4) is 0 Å². The quantitative estimate of drug-likeness (QED) is 0.800. The molecule has 4 heteroatoms. The Hall–Kier alpha value is -2.17. The smallest absolute Gasteiger partial charge is 0.226 e. The van der Waals surface area contributed by atoms with Crippen LogP contribution in [0.5, 0.6) is 0 Å². The lowest BCUT2D eigenvalue weighted by molar-refractivity contribution is -0.137. The van der Waals surface area contributed by atoms with Crippen LogP contribution in [0.1, 0.15) is 36.5 Å². The van der Waals surface area contributed by atoms with Gasteiger partial charge in [0.1, 0.15) is 0 Å². The van der Waals surface area contributed by atoms with Crippen molar-refractivity contribution in [2.45, 2.75) is 46.1 Å². The Balaban J connectivity index is 1.78. The Labute approximate surface area is 167 Å². The molecule has 3 rings (SSSR count). The van der Waals surface area contributed by atoms with E-state index in [1.165, 1.54) is 22.3 Å². The number of aryl methyl sites for hydroxylation is 2. The summed E-state index contributed by atoms with van der Waals surface area (Å²) in [5.41, 5.74) is 5.62. The van der Waals surface area contributed by atoms with Crippen LogP contribution in [-0.2, 0) is 16.0 Å². The summed E-state index contributed by atoms with van der Waals surface area (Å²) in [5, 5.41) is 12.4. The molecule has 0 unspecified atom stereocenters. The molecule has 1 aliphatic rings. The van der Waals surface area contributed by atoms with Crippen molar-refractivity contribution in [1.82, 2.24) is 5.32 Å². The zero-order valence-corrected chi connectivity index (χ0v) is 17.1. The van der Waals surface area contributed by atoms with Gasteiger partial charge in [0, 0.05) is 19.8 Å². The summed E-state index contributed by atoms with van der Waals surface area (Å²) in [6, 6.07) is 15.1. The minimum atomic E-state index is -0.544. The third kappa shape index (κ3) is 5.00. The predicted molar refractivity (Wildman–Crippen MR) is 112 cm³/mol. The van der Waals surface area contributed by atoms with E-state index in [0.29, 0.717) is 32.5 Å². The van der Waals surface area contributed by atoms with Gasteiger partial charge in [-0.2, -0.15) is 0 Å². The van der Waals surface area contributed by atoms with Gasteiger partial charge in [0.2, 0.25) is 5.91 Å². The minimum absolute atomic E-state index is 0.0232. The summed E-state index contributed by atoms with van der Waals surface area (Å²) >= 11 is 0. The van der Waals surface area contributed by atoms with Gasteiger partial charge in [-0.1, -0.05) is 53.6 Å². The van der Waals surface area contributed by atoms with E-state index in [2.05, 4.69) is 61.6 Å². The highest BCUT2D eigenvalue weighted by Gasteiger charge is 2.40. The Morgan fingerprint density at radius 2 is 1.68 bits per heavy atom. The highest BCUT2D eigenvalue weighted by Crippen LogP contribution is 2.35. The largest absolute Gasteiger partial charge is 0.392 e. The fourth-order valence-electron chi connectivity index (χ4n) is 4.02. The number of carbonyl (C=O) groups excluding carboxylic acids is 1. The van der Waals surface area contributed by atoms with Gasteiger partial charge in [-0.05, 0) is 56.7 Å². The molecule has 0 bridgehead atoms. The van der Waals surface area contributed by atoms with E-state index < -0.39 is 11.5 Å². The number of hydrogen-bond acceptors (Lipinski definition) is 3. The Bertz CT molecular complexity index is 785. The van der Waals surface area contributed by atoms with E-state index in [-0.39, 0.29) is 12.5 Å². The molecule has 2 N–H and O–H groups in total. The molecule has 1 saturated heterocycles. The number of amides is 1.